The molecule has 0 aliphatic carbocycles. The average Bonchev–Trinajstić information content (AvgIpc) is 3.27. The van der Waals surface area contributed by atoms with Gasteiger partial charge in [-0.25, -0.2) is 4.68 Å². The predicted octanol–water partition coefficient (Wildman–Crippen LogP) is 3.11. The van der Waals surface area contributed by atoms with Crippen molar-refractivity contribution in [3.63, 3.8) is 0 Å². The predicted molar refractivity (Wildman–Crippen MR) is 111 cm³/mol. The van der Waals surface area contributed by atoms with Crippen molar-refractivity contribution in [2.45, 2.75) is 59.2 Å². The molecular formula is C22H27N5O3. The lowest BCUT2D eigenvalue weighted by Crippen LogP contribution is -2.33. The van der Waals surface area contributed by atoms with E-state index in [4.69, 9.17) is 9.47 Å². The van der Waals surface area contributed by atoms with Crippen LogP contribution < -0.4 is 9.47 Å². The molecule has 30 heavy (non-hydrogen) atoms. The quantitative estimate of drug-likeness (QED) is 0.602. The molecule has 0 N–H and O–H groups in total. The smallest absolute Gasteiger partial charge is 0.186 e. The monoisotopic (exact) mass is 409 g/mol. The van der Waals surface area contributed by atoms with Crippen molar-refractivity contribution < 1.29 is 14.3 Å². The second-order valence-corrected chi connectivity index (χ2v) is 8.73. The first-order valence-corrected chi connectivity index (χ1v) is 10.1. The van der Waals surface area contributed by atoms with Crippen molar-refractivity contribution in [1.82, 2.24) is 24.8 Å². The fourth-order valence-corrected chi connectivity index (χ4v) is 3.79. The van der Waals surface area contributed by atoms with Gasteiger partial charge in [-0.1, -0.05) is 32.9 Å². The van der Waals surface area contributed by atoms with Crippen molar-refractivity contribution in [2.75, 3.05) is 6.61 Å². The molecule has 158 valence electrons. The van der Waals surface area contributed by atoms with Crippen LogP contribution in [0.2, 0.25) is 0 Å². The molecule has 0 saturated carbocycles. The summed E-state index contributed by atoms with van der Waals surface area (Å²) in [4.78, 5) is 13.0. The summed E-state index contributed by atoms with van der Waals surface area (Å²) < 4.78 is 15.6. The zero-order valence-corrected chi connectivity index (χ0v) is 18.0. The molecule has 2 aromatic heterocycles. The highest BCUT2D eigenvalue weighted by Gasteiger charge is 2.26. The van der Waals surface area contributed by atoms with Crippen molar-refractivity contribution in [2.24, 2.45) is 0 Å². The van der Waals surface area contributed by atoms with Gasteiger partial charge in [0.05, 0.1) is 6.54 Å². The van der Waals surface area contributed by atoms with Gasteiger partial charge in [0.2, 0.25) is 0 Å². The molecule has 0 spiro atoms. The van der Waals surface area contributed by atoms with Gasteiger partial charge in [0, 0.05) is 22.4 Å². The number of rotatable bonds is 5. The number of nitrogens with zero attached hydrogens (tertiary/aromatic N) is 5. The van der Waals surface area contributed by atoms with E-state index in [2.05, 4.69) is 20.1 Å². The number of aromatic nitrogens is 5. The van der Waals surface area contributed by atoms with Gasteiger partial charge in [0.1, 0.15) is 13.2 Å². The molecule has 8 heteroatoms. The number of carbonyl (C=O) groups excluding carboxylic acids is 1. The fourth-order valence-electron chi connectivity index (χ4n) is 3.79. The second-order valence-electron chi connectivity index (χ2n) is 8.73. The number of ketones is 1. The minimum atomic E-state index is -0.241. The highest BCUT2D eigenvalue weighted by Crippen LogP contribution is 2.31. The number of hydrogen-bond donors (Lipinski definition) is 0. The summed E-state index contributed by atoms with van der Waals surface area (Å²) in [7, 11) is 0. The molecule has 1 unspecified atom stereocenters. The molecular weight excluding hydrogens is 382 g/mol. The first kappa shape index (κ1) is 20.1. The zero-order valence-electron chi connectivity index (χ0n) is 18.0. The Morgan fingerprint density at radius 1 is 1.20 bits per heavy atom. The third-order valence-corrected chi connectivity index (χ3v) is 5.32. The number of Topliss-reactive ketones (excluding diaryl/α,β-unsaturated/α-hetero) is 1. The van der Waals surface area contributed by atoms with Crippen LogP contribution in [0.5, 0.6) is 11.5 Å². The largest absolute Gasteiger partial charge is 0.486 e. The van der Waals surface area contributed by atoms with Crippen molar-refractivity contribution in [3.05, 3.63) is 53.1 Å². The Balaban J connectivity index is 1.51. The van der Waals surface area contributed by atoms with Gasteiger partial charge in [-0.15, -0.1) is 5.10 Å². The van der Waals surface area contributed by atoms with Crippen LogP contribution in [0.1, 0.15) is 48.3 Å². The van der Waals surface area contributed by atoms with Crippen LogP contribution in [0.3, 0.4) is 0 Å². The number of tetrazole rings is 1. The summed E-state index contributed by atoms with van der Waals surface area (Å²) >= 11 is 0. The summed E-state index contributed by atoms with van der Waals surface area (Å²) in [6, 6.07) is 9.59. The van der Waals surface area contributed by atoms with Gasteiger partial charge in [0.25, 0.3) is 0 Å². The Bertz CT molecular complexity index is 1080. The zero-order chi connectivity index (χ0) is 21.5. The summed E-state index contributed by atoms with van der Waals surface area (Å²) in [6.07, 6.45) is -0.125. The maximum Gasteiger partial charge on any atom is 0.186 e. The molecule has 0 radical (unpaired) electrons. The maximum absolute atomic E-state index is 13.0. The number of carbonyl (C=O) groups is 1. The van der Waals surface area contributed by atoms with Crippen LogP contribution in [0.4, 0.5) is 0 Å². The summed E-state index contributed by atoms with van der Waals surface area (Å²) in [6.45, 7) is 11.2. The van der Waals surface area contributed by atoms with Gasteiger partial charge in [0.15, 0.2) is 29.2 Å². The lowest BCUT2D eigenvalue weighted by molar-refractivity contribution is 0.0777. The Labute approximate surface area is 175 Å². The highest BCUT2D eigenvalue weighted by molar-refractivity contribution is 5.97. The maximum atomic E-state index is 13.0. The Morgan fingerprint density at radius 3 is 2.67 bits per heavy atom. The van der Waals surface area contributed by atoms with E-state index in [1.54, 1.807) is 4.68 Å². The van der Waals surface area contributed by atoms with Gasteiger partial charge < -0.3 is 14.0 Å². The molecule has 1 aliphatic rings. The van der Waals surface area contributed by atoms with Crippen LogP contribution in [-0.2, 0) is 18.5 Å². The second kappa shape index (κ2) is 7.59. The van der Waals surface area contributed by atoms with Gasteiger partial charge in [-0.05, 0) is 42.5 Å². The summed E-state index contributed by atoms with van der Waals surface area (Å²) in [5.41, 5.74) is 2.35. The number of benzene rings is 1. The normalized spacial score (nSPS) is 16.0. The minimum absolute atomic E-state index is 0.0155. The van der Waals surface area contributed by atoms with Crippen LogP contribution >= 0.6 is 0 Å². The van der Waals surface area contributed by atoms with E-state index in [0.717, 1.165) is 22.9 Å². The third kappa shape index (κ3) is 3.81. The molecule has 0 bridgehead atoms. The van der Waals surface area contributed by atoms with E-state index in [1.807, 2.05) is 65.0 Å². The SMILES string of the molecule is Cc1cc(C(=O)Cn2nnnc2C(C)(C)C)c(C)n1CC1COc2ccccc2O1. The van der Waals surface area contributed by atoms with E-state index in [-0.39, 0.29) is 23.8 Å². The molecule has 3 aromatic rings. The molecule has 1 aromatic carbocycles. The van der Waals surface area contributed by atoms with Crippen LogP contribution in [0, 0.1) is 13.8 Å². The first-order valence-electron chi connectivity index (χ1n) is 10.1. The molecule has 8 nitrogen and oxygen atoms in total. The van der Waals surface area contributed by atoms with Gasteiger partial charge in [-0.3, -0.25) is 4.79 Å². The lowest BCUT2D eigenvalue weighted by atomic mass is 9.96. The molecule has 0 amide bonds. The summed E-state index contributed by atoms with van der Waals surface area (Å²) in [5.74, 6) is 2.19. The number of hydrogen-bond acceptors (Lipinski definition) is 6. The van der Waals surface area contributed by atoms with Crippen molar-refractivity contribution in [3.8, 4) is 11.5 Å². The minimum Gasteiger partial charge on any atom is -0.486 e. The molecule has 3 heterocycles. The standard InChI is InChI=1S/C22H27N5O3/c1-14-10-17(18(28)12-27-21(22(3,4)5)23-24-25-27)15(2)26(14)11-16-13-29-19-8-6-7-9-20(19)30-16/h6-10,16H,11-13H2,1-5H3. The van der Waals surface area contributed by atoms with E-state index in [1.165, 1.54) is 0 Å². The van der Waals surface area contributed by atoms with E-state index in [0.29, 0.717) is 24.5 Å². The van der Waals surface area contributed by atoms with Crippen LogP contribution in [-0.4, -0.2) is 43.3 Å². The molecule has 0 fully saturated rings. The first-order chi connectivity index (χ1) is 14.2. The third-order valence-electron chi connectivity index (χ3n) is 5.32. The van der Waals surface area contributed by atoms with Crippen molar-refractivity contribution in [1.29, 1.82) is 0 Å². The molecule has 1 aliphatic heterocycles. The van der Waals surface area contributed by atoms with E-state index in [9.17, 15) is 4.79 Å². The van der Waals surface area contributed by atoms with Crippen molar-refractivity contribution >= 4 is 5.78 Å². The topological polar surface area (TPSA) is 84.1 Å². The number of fused-ring (bicyclic) bond motifs is 1. The molecule has 4 rings (SSSR count). The lowest BCUT2D eigenvalue weighted by Gasteiger charge is -2.27. The number of para-hydroxylation sites is 2. The van der Waals surface area contributed by atoms with E-state index < -0.39 is 0 Å². The fraction of sp³-hybridized carbons (Fsp3) is 0.455. The Morgan fingerprint density at radius 2 is 1.93 bits per heavy atom. The number of ether oxygens (including phenoxy) is 2. The van der Waals surface area contributed by atoms with Gasteiger partial charge in [-0.2, -0.15) is 0 Å². The molecule has 0 saturated heterocycles. The Kier molecular flexibility index (Phi) is 5.09. The van der Waals surface area contributed by atoms with Crippen LogP contribution in [0.15, 0.2) is 30.3 Å². The highest BCUT2D eigenvalue weighted by atomic mass is 16.6. The molecule has 1 atom stereocenters. The van der Waals surface area contributed by atoms with Gasteiger partial charge >= 0.3 is 0 Å². The number of aryl methyl sites for hydroxylation is 1. The average molecular weight is 409 g/mol. The van der Waals surface area contributed by atoms with E-state index >= 15 is 0 Å². The Hall–Kier alpha value is -3.16. The van der Waals surface area contributed by atoms with Crippen LogP contribution in [0.25, 0.3) is 0 Å². The summed E-state index contributed by atoms with van der Waals surface area (Å²) in [5, 5.41) is 11.9.